The fourth-order valence-corrected chi connectivity index (χ4v) is 2.08. The minimum Gasteiger partial charge on any atom is -0.497 e. The lowest BCUT2D eigenvalue weighted by Crippen LogP contribution is -2.29. The Kier molecular flexibility index (Phi) is 6.65. The summed E-state index contributed by atoms with van der Waals surface area (Å²) in [6.07, 6.45) is 1.58. The number of nitrogens with one attached hydrogen (secondary N) is 1. The number of benzene rings is 2. The van der Waals surface area contributed by atoms with Crippen LogP contribution in [0.2, 0.25) is 0 Å². The van der Waals surface area contributed by atoms with Gasteiger partial charge < -0.3 is 14.8 Å². The number of hydrogen-bond acceptors (Lipinski definition) is 6. The Balaban J connectivity index is 1.89. The van der Waals surface area contributed by atoms with Gasteiger partial charge in [-0.05, 0) is 42.8 Å². The number of rotatable bonds is 7. The summed E-state index contributed by atoms with van der Waals surface area (Å²) in [5.41, 5.74) is 1.06. The third kappa shape index (κ3) is 5.96. The summed E-state index contributed by atoms with van der Waals surface area (Å²) in [6, 6.07) is 12.4. The smallest absolute Gasteiger partial charge is 0.331 e. The van der Waals surface area contributed by atoms with Crippen LogP contribution >= 0.6 is 0 Å². The predicted octanol–water partition coefficient (Wildman–Crippen LogP) is 3.19. The third-order valence-electron chi connectivity index (χ3n) is 3.52. The first-order valence-electron chi connectivity index (χ1n) is 7.97. The van der Waals surface area contributed by atoms with Gasteiger partial charge in [-0.25, -0.2) is 4.79 Å². The Morgan fingerprint density at radius 1 is 1.19 bits per heavy atom. The fourth-order valence-electron chi connectivity index (χ4n) is 2.08. The van der Waals surface area contributed by atoms with Crippen LogP contribution in [0.5, 0.6) is 5.75 Å². The SMILES string of the molecule is COc1cccc(NC(=O)[C@H](C)OC(=O)/C=C/c2ccc([N+](=O)[O-])cc2)c1. The highest BCUT2D eigenvalue weighted by Crippen LogP contribution is 2.17. The number of hydrogen-bond donors (Lipinski definition) is 1. The second kappa shape index (κ2) is 9.14. The van der Waals surface area contributed by atoms with Crippen LogP contribution in [0, 0.1) is 10.1 Å². The number of nitrogens with zero attached hydrogens (tertiary/aromatic N) is 1. The van der Waals surface area contributed by atoms with Gasteiger partial charge in [-0.2, -0.15) is 0 Å². The summed E-state index contributed by atoms with van der Waals surface area (Å²) >= 11 is 0. The van der Waals surface area contributed by atoms with Gasteiger partial charge in [0.05, 0.1) is 12.0 Å². The van der Waals surface area contributed by atoms with E-state index < -0.39 is 22.9 Å². The van der Waals surface area contributed by atoms with Crippen molar-refractivity contribution in [3.05, 3.63) is 70.3 Å². The molecule has 1 N–H and O–H groups in total. The van der Waals surface area contributed by atoms with Gasteiger partial charge in [0, 0.05) is 30.0 Å². The molecule has 0 saturated heterocycles. The molecule has 8 nitrogen and oxygen atoms in total. The normalized spacial score (nSPS) is 11.6. The number of nitro benzene ring substituents is 1. The second-order valence-electron chi connectivity index (χ2n) is 5.48. The molecule has 2 aromatic carbocycles. The number of nitro groups is 1. The molecule has 2 rings (SSSR count). The molecule has 27 heavy (non-hydrogen) atoms. The Hall–Kier alpha value is -3.68. The van der Waals surface area contributed by atoms with Gasteiger partial charge in [0.15, 0.2) is 6.10 Å². The maximum Gasteiger partial charge on any atom is 0.331 e. The number of methoxy groups -OCH3 is 1. The van der Waals surface area contributed by atoms with E-state index in [2.05, 4.69) is 5.32 Å². The van der Waals surface area contributed by atoms with Crippen molar-refractivity contribution in [1.82, 2.24) is 0 Å². The lowest BCUT2D eigenvalue weighted by atomic mass is 10.2. The van der Waals surface area contributed by atoms with Crippen LogP contribution in [-0.4, -0.2) is 30.0 Å². The zero-order valence-corrected chi connectivity index (χ0v) is 14.7. The number of esters is 1. The van der Waals surface area contributed by atoms with Gasteiger partial charge >= 0.3 is 5.97 Å². The van der Waals surface area contributed by atoms with Crippen LogP contribution in [0.25, 0.3) is 6.08 Å². The van der Waals surface area contributed by atoms with E-state index in [0.717, 1.165) is 6.08 Å². The molecule has 0 fully saturated rings. The van der Waals surface area contributed by atoms with Crippen LogP contribution in [0.4, 0.5) is 11.4 Å². The summed E-state index contributed by atoms with van der Waals surface area (Å²) in [4.78, 5) is 34.0. The average molecular weight is 370 g/mol. The number of non-ortho nitro benzene ring substituents is 1. The summed E-state index contributed by atoms with van der Waals surface area (Å²) in [5.74, 6) is -0.606. The summed E-state index contributed by atoms with van der Waals surface area (Å²) in [7, 11) is 1.52. The number of amides is 1. The monoisotopic (exact) mass is 370 g/mol. The van der Waals surface area contributed by atoms with E-state index in [9.17, 15) is 19.7 Å². The first-order valence-corrected chi connectivity index (χ1v) is 7.97. The number of anilines is 1. The molecule has 0 aliphatic carbocycles. The quantitative estimate of drug-likeness (QED) is 0.347. The highest BCUT2D eigenvalue weighted by molar-refractivity contribution is 5.96. The molecule has 0 radical (unpaired) electrons. The van der Waals surface area contributed by atoms with Crippen LogP contribution < -0.4 is 10.1 Å². The van der Waals surface area contributed by atoms with E-state index in [1.54, 1.807) is 24.3 Å². The van der Waals surface area contributed by atoms with Crippen LogP contribution in [0.15, 0.2) is 54.6 Å². The zero-order chi connectivity index (χ0) is 19.8. The molecule has 1 amide bonds. The van der Waals surface area contributed by atoms with E-state index in [1.165, 1.54) is 44.4 Å². The molecule has 8 heteroatoms. The van der Waals surface area contributed by atoms with Crippen molar-refractivity contribution >= 4 is 29.3 Å². The van der Waals surface area contributed by atoms with Gasteiger partial charge in [0.25, 0.3) is 11.6 Å². The molecule has 140 valence electrons. The zero-order valence-electron chi connectivity index (χ0n) is 14.7. The fraction of sp³-hybridized carbons (Fsp3) is 0.158. The van der Waals surface area contributed by atoms with Crippen molar-refractivity contribution in [1.29, 1.82) is 0 Å². The van der Waals surface area contributed by atoms with Crippen molar-refractivity contribution in [2.75, 3.05) is 12.4 Å². The molecule has 0 aliphatic rings. The van der Waals surface area contributed by atoms with Gasteiger partial charge in [-0.3, -0.25) is 14.9 Å². The molecule has 1 atom stereocenters. The predicted molar refractivity (Wildman–Crippen MR) is 99.3 cm³/mol. The molecule has 0 heterocycles. The van der Waals surface area contributed by atoms with Crippen LogP contribution in [0.3, 0.4) is 0 Å². The molecule has 0 saturated carbocycles. The topological polar surface area (TPSA) is 108 Å². The summed E-state index contributed by atoms with van der Waals surface area (Å²) in [5, 5.41) is 13.2. The molecule has 0 aromatic heterocycles. The van der Waals surface area contributed by atoms with Gasteiger partial charge in [-0.15, -0.1) is 0 Å². The first kappa shape index (κ1) is 19.6. The van der Waals surface area contributed by atoms with Crippen molar-refractivity contribution in [2.45, 2.75) is 13.0 Å². The highest BCUT2D eigenvalue weighted by atomic mass is 16.6. The number of carbonyl (C=O) groups is 2. The Morgan fingerprint density at radius 2 is 1.89 bits per heavy atom. The number of ether oxygens (including phenoxy) is 2. The average Bonchev–Trinajstić information content (AvgIpc) is 2.66. The molecule has 0 bridgehead atoms. The molecular formula is C19H18N2O6. The molecule has 0 unspecified atom stereocenters. The van der Waals surface area contributed by atoms with E-state index >= 15 is 0 Å². The first-order chi connectivity index (χ1) is 12.9. The van der Waals surface area contributed by atoms with Crippen LogP contribution in [0.1, 0.15) is 12.5 Å². The maximum absolute atomic E-state index is 12.1. The standard InChI is InChI=1S/C19H18N2O6/c1-13(19(23)20-15-4-3-5-17(12-15)26-2)27-18(22)11-8-14-6-9-16(10-7-14)21(24)25/h3-13H,1-2H3,(H,20,23)/b11-8+/t13-/m0/s1. The Labute approximate surface area is 155 Å². The summed E-state index contributed by atoms with van der Waals surface area (Å²) < 4.78 is 10.1. The second-order valence-corrected chi connectivity index (χ2v) is 5.48. The maximum atomic E-state index is 12.1. The van der Waals surface area contributed by atoms with Gasteiger partial charge in [0.2, 0.25) is 0 Å². The van der Waals surface area contributed by atoms with E-state index in [0.29, 0.717) is 17.0 Å². The molecule has 0 spiro atoms. The van der Waals surface area contributed by atoms with E-state index in [-0.39, 0.29) is 5.69 Å². The molecule has 0 aliphatic heterocycles. The lowest BCUT2D eigenvalue weighted by molar-refractivity contribution is -0.384. The number of carbonyl (C=O) groups excluding carboxylic acids is 2. The molecule has 2 aromatic rings. The van der Waals surface area contributed by atoms with Crippen LogP contribution in [-0.2, 0) is 14.3 Å². The minimum absolute atomic E-state index is 0.0439. The molecular weight excluding hydrogens is 352 g/mol. The third-order valence-corrected chi connectivity index (χ3v) is 3.52. The lowest BCUT2D eigenvalue weighted by Gasteiger charge is -2.12. The largest absolute Gasteiger partial charge is 0.497 e. The highest BCUT2D eigenvalue weighted by Gasteiger charge is 2.16. The van der Waals surface area contributed by atoms with Gasteiger partial charge in [0.1, 0.15) is 5.75 Å². The Bertz CT molecular complexity index is 861. The van der Waals surface area contributed by atoms with Crippen molar-refractivity contribution in [3.63, 3.8) is 0 Å². The van der Waals surface area contributed by atoms with E-state index in [4.69, 9.17) is 9.47 Å². The van der Waals surface area contributed by atoms with E-state index in [1.807, 2.05) is 0 Å². The Morgan fingerprint density at radius 3 is 2.52 bits per heavy atom. The summed E-state index contributed by atoms with van der Waals surface area (Å²) in [6.45, 7) is 1.45. The van der Waals surface area contributed by atoms with Crippen molar-refractivity contribution in [3.8, 4) is 5.75 Å². The van der Waals surface area contributed by atoms with Gasteiger partial charge in [-0.1, -0.05) is 6.07 Å². The minimum atomic E-state index is -1.01. The van der Waals surface area contributed by atoms with Crippen molar-refractivity contribution < 1.29 is 24.0 Å². The van der Waals surface area contributed by atoms with Crippen molar-refractivity contribution in [2.24, 2.45) is 0 Å².